The zero-order valence-electron chi connectivity index (χ0n) is 12.0. The monoisotopic (exact) mass is 410 g/mol. The standard InChI is InChI=1S/C13H20Br2N2O3/c1-4-18-8-10-11(14)16-17(12(10)15)6-5-9-7-19-13(2,3)20-9/h9H,4-8H2,1-3H3. The largest absolute Gasteiger partial charge is 0.377 e. The van der Waals surface area contributed by atoms with Gasteiger partial charge in [0, 0.05) is 18.7 Å². The first kappa shape index (κ1) is 16.4. The van der Waals surface area contributed by atoms with Gasteiger partial charge < -0.3 is 14.2 Å². The zero-order chi connectivity index (χ0) is 14.8. The van der Waals surface area contributed by atoms with Gasteiger partial charge in [-0.3, -0.25) is 4.68 Å². The summed E-state index contributed by atoms with van der Waals surface area (Å²) in [6, 6.07) is 0. The van der Waals surface area contributed by atoms with Crippen LogP contribution in [0.5, 0.6) is 0 Å². The molecule has 2 heterocycles. The average molecular weight is 412 g/mol. The molecule has 1 unspecified atom stereocenters. The maximum absolute atomic E-state index is 5.80. The summed E-state index contributed by atoms with van der Waals surface area (Å²) in [6.07, 6.45) is 0.986. The van der Waals surface area contributed by atoms with Crippen LogP contribution in [-0.2, 0) is 27.4 Å². The lowest BCUT2D eigenvalue weighted by atomic mass is 10.2. The molecule has 0 spiro atoms. The molecular formula is C13H20Br2N2O3. The SMILES string of the molecule is CCOCc1c(Br)nn(CCC2COC(C)(C)O2)c1Br. The number of rotatable bonds is 6. The highest BCUT2D eigenvalue weighted by molar-refractivity contribution is 9.11. The second-order valence-corrected chi connectivity index (χ2v) is 6.66. The highest BCUT2D eigenvalue weighted by Crippen LogP contribution is 2.28. The van der Waals surface area contributed by atoms with Crippen LogP contribution in [0.1, 0.15) is 32.8 Å². The molecule has 2 rings (SSSR count). The van der Waals surface area contributed by atoms with Crippen LogP contribution in [0.2, 0.25) is 0 Å². The van der Waals surface area contributed by atoms with Crippen LogP contribution >= 0.6 is 31.9 Å². The van der Waals surface area contributed by atoms with Gasteiger partial charge in [-0.1, -0.05) is 0 Å². The third-order valence-electron chi connectivity index (χ3n) is 3.11. The molecule has 0 amide bonds. The Morgan fingerprint density at radius 1 is 1.45 bits per heavy atom. The fourth-order valence-electron chi connectivity index (χ4n) is 2.09. The third kappa shape index (κ3) is 4.04. The highest BCUT2D eigenvalue weighted by atomic mass is 79.9. The van der Waals surface area contributed by atoms with E-state index in [0.717, 1.165) is 27.7 Å². The van der Waals surface area contributed by atoms with Gasteiger partial charge in [-0.15, -0.1) is 0 Å². The Kier molecular flexibility index (Phi) is 5.64. The van der Waals surface area contributed by atoms with Crippen molar-refractivity contribution in [2.45, 2.75) is 52.2 Å². The Hall–Kier alpha value is 0.0500. The molecule has 1 aliphatic rings. The van der Waals surface area contributed by atoms with E-state index in [2.05, 4.69) is 37.0 Å². The molecule has 0 saturated carbocycles. The molecule has 0 aliphatic carbocycles. The summed E-state index contributed by atoms with van der Waals surface area (Å²) in [5.41, 5.74) is 1.04. The molecule has 0 aromatic carbocycles. The molecule has 0 radical (unpaired) electrons. The van der Waals surface area contributed by atoms with Gasteiger partial charge in [0.25, 0.3) is 0 Å². The number of nitrogens with zero attached hydrogens (tertiary/aromatic N) is 2. The number of aromatic nitrogens is 2. The van der Waals surface area contributed by atoms with Gasteiger partial charge in [-0.2, -0.15) is 5.10 Å². The summed E-state index contributed by atoms with van der Waals surface area (Å²) in [7, 11) is 0. The number of hydrogen-bond donors (Lipinski definition) is 0. The molecule has 7 heteroatoms. The Bertz CT molecular complexity index is 463. The maximum atomic E-state index is 5.80. The van der Waals surface area contributed by atoms with Gasteiger partial charge in [0.15, 0.2) is 5.79 Å². The Morgan fingerprint density at radius 3 is 2.80 bits per heavy atom. The van der Waals surface area contributed by atoms with Crippen molar-refractivity contribution in [2.75, 3.05) is 13.2 Å². The topological polar surface area (TPSA) is 45.5 Å². The fourth-order valence-corrected chi connectivity index (χ4v) is 3.41. The van der Waals surface area contributed by atoms with E-state index in [1.165, 1.54) is 0 Å². The molecular weight excluding hydrogens is 392 g/mol. The van der Waals surface area contributed by atoms with E-state index < -0.39 is 5.79 Å². The zero-order valence-corrected chi connectivity index (χ0v) is 15.2. The van der Waals surface area contributed by atoms with Crippen molar-refractivity contribution in [3.05, 3.63) is 14.8 Å². The van der Waals surface area contributed by atoms with Crippen molar-refractivity contribution >= 4 is 31.9 Å². The van der Waals surface area contributed by atoms with E-state index in [4.69, 9.17) is 14.2 Å². The normalized spacial score (nSPS) is 21.6. The summed E-state index contributed by atoms with van der Waals surface area (Å²) in [6.45, 7) is 8.50. The molecule has 1 atom stereocenters. The lowest BCUT2D eigenvalue weighted by Gasteiger charge is -2.17. The Labute approximate surface area is 136 Å². The predicted octanol–water partition coefficient (Wildman–Crippen LogP) is 3.49. The molecule has 1 aliphatic heterocycles. The minimum absolute atomic E-state index is 0.121. The van der Waals surface area contributed by atoms with Gasteiger partial charge in [0.05, 0.1) is 19.3 Å². The molecule has 0 bridgehead atoms. The van der Waals surface area contributed by atoms with Gasteiger partial charge in [0.2, 0.25) is 0 Å². The summed E-state index contributed by atoms with van der Waals surface area (Å²) in [5.74, 6) is -0.466. The molecule has 114 valence electrons. The summed E-state index contributed by atoms with van der Waals surface area (Å²) in [4.78, 5) is 0. The average Bonchev–Trinajstić information content (AvgIpc) is 2.86. The quantitative estimate of drug-likeness (QED) is 0.718. The number of halogens is 2. The number of hydrogen-bond acceptors (Lipinski definition) is 4. The molecule has 1 saturated heterocycles. The second-order valence-electron chi connectivity index (χ2n) is 5.16. The third-order valence-corrected chi connectivity index (χ3v) is 4.64. The Balaban J connectivity index is 1.93. The smallest absolute Gasteiger partial charge is 0.163 e. The van der Waals surface area contributed by atoms with E-state index in [1.54, 1.807) is 0 Å². The molecule has 20 heavy (non-hydrogen) atoms. The second kappa shape index (κ2) is 6.87. The lowest BCUT2D eigenvalue weighted by Crippen LogP contribution is -2.22. The van der Waals surface area contributed by atoms with Gasteiger partial charge in [-0.05, 0) is 59.1 Å². The highest BCUT2D eigenvalue weighted by Gasteiger charge is 2.32. The van der Waals surface area contributed by atoms with Gasteiger partial charge in [0.1, 0.15) is 9.21 Å². The first-order valence-corrected chi connectivity index (χ1v) is 8.31. The van der Waals surface area contributed by atoms with E-state index in [-0.39, 0.29) is 6.10 Å². The van der Waals surface area contributed by atoms with Crippen LogP contribution in [0.25, 0.3) is 0 Å². The van der Waals surface area contributed by atoms with Crippen molar-refractivity contribution in [3.63, 3.8) is 0 Å². The lowest BCUT2D eigenvalue weighted by molar-refractivity contribution is -0.139. The van der Waals surface area contributed by atoms with E-state index in [1.807, 2.05) is 25.5 Å². The minimum atomic E-state index is -0.466. The molecule has 5 nitrogen and oxygen atoms in total. The van der Waals surface area contributed by atoms with E-state index in [0.29, 0.717) is 19.8 Å². The number of aryl methyl sites for hydroxylation is 1. The van der Waals surface area contributed by atoms with Crippen LogP contribution in [0, 0.1) is 0 Å². The van der Waals surface area contributed by atoms with Gasteiger partial charge in [-0.25, -0.2) is 0 Å². The molecule has 1 aromatic rings. The van der Waals surface area contributed by atoms with Gasteiger partial charge >= 0.3 is 0 Å². The molecule has 1 fully saturated rings. The minimum Gasteiger partial charge on any atom is -0.377 e. The van der Waals surface area contributed by atoms with Crippen LogP contribution in [0.15, 0.2) is 9.21 Å². The Morgan fingerprint density at radius 2 is 2.20 bits per heavy atom. The summed E-state index contributed by atoms with van der Waals surface area (Å²) >= 11 is 7.05. The van der Waals surface area contributed by atoms with E-state index >= 15 is 0 Å². The van der Waals surface area contributed by atoms with Crippen LogP contribution in [-0.4, -0.2) is 34.9 Å². The number of ether oxygens (including phenoxy) is 3. The van der Waals surface area contributed by atoms with E-state index in [9.17, 15) is 0 Å². The van der Waals surface area contributed by atoms with Crippen LogP contribution < -0.4 is 0 Å². The maximum Gasteiger partial charge on any atom is 0.163 e. The van der Waals surface area contributed by atoms with Crippen molar-refractivity contribution in [3.8, 4) is 0 Å². The van der Waals surface area contributed by atoms with Crippen molar-refractivity contribution < 1.29 is 14.2 Å². The van der Waals surface area contributed by atoms with Crippen molar-refractivity contribution in [2.24, 2.45) is 0 Å². The first-order valence-electron chi connectivity index (χ1n) is 6.73. The van der Waals surface area contributed by atoms with Crippen molar-refractivity contribution in [1.82, 2.24) is 9.78 Å². The van der Waals surface area contributed by atoms with Crippen LogP contribution in [0.3, 0.4) is 0 Å². The summed E-state index contributed by atoms with van der Waals surface area (Å²) < 4.78 is 20.5. The fraction of sp³-hybridized carbons (Fsp3) is 0.769. The summed E-state index contributed by atoms with van der Waals surface area (Å²) in [5, 5.41) is 4.47. The predicted molar refractivity (Wildman–Crippen MR) is 82.5 cm³/mol. The van der Waals surface area contributed by atoms with Crippen LogP contribution in [0.4, 0.5) is 0 Å². The van der Waals surface area contributed by atoms with Crippen molar-refractivity contribution in [1.29, 1.82) is 0 Å². The first-order chi connectivity index (χ1) is 9.43. The molecule has 0 N–H and O–H groups in total. The molecule has 1 aromatic heterocycles.